The summed E-state index contributed by atoms with van der Waals surface area (Å²) < 4.78 is -3.34. The van der Waals surface area contributed by atoms with Crippen LogP contribution in [0.15, 0.2) is 48.8 Å². The summed E-state index contributed by atoms with van der Waals surface area (Å²) in [5.41, 5.74) is 2.23. The summed E-state index contributed by atoms with van der Waals surface area (Å²) in [6.45, 7) is 0.556. The number of hydrogen-bond acceptors (Lipinski definition) is 5. The van der Waals surface area contributed by atoms with Crippen molar-refractivity contribution in [1.82, 2.24) is 19.9 Å². The molecule has 0 aliphatic carbocycles. The van der Waals surface area contributed by atoms with E-state index in [0.717, 1.165) is 12.0 Å². The monoisotopic (exact) mass is 509 g/mol. The molecule has 1 aromatic carbocycles. The van der Waals surface area contributed by atoms with Crippen LogP contribution in [-0.2, 0) is 14.0 Å². The second-order valence-electron chi connectivity index (χ2n) is 5.92. The van der Waals surface area contributed by atoms with E-state index in [0.29, 0.717) is 23.5 Å². The molecule has 0 saturated carbocycles. The molecule has 0 unspecified atom stereocenters. The van der Waals surface area contributed by atoms with Crippen molar-refractivity contribution in [3.8, 4) is 11.4 Å². The van der Waals surface area contributed by atoms with Crippen molar-refractivity contribution >= 4 is 75.6 Å². The molecule has 0 aliphatic heterocycles. The molecule has 0 amide bonds. The Morgan fingerprint density at radius 3 is 2.14 bits per heavy atom. The molecular weight excluding hydrogens is 499 g/mol. The lowest BCUT2D eigenvalue weighted by Gasteiger charge is -2.14. The van der Waals surface area contributed by atoms with Crippen molar-refractivity contribution in [3.63, 3.8) is 0 Å². The minimum absolute atomic E-state index is 0.00170. The highest BCUT2D eigenvalue weighted by Gasteiger charge is 2.29. The fourth-order valence-corrected chi connectivity index (χ4v) is 3.02. The Labute approximate surface area is 197 Å². The molecule has 0 aliphatic rings. The number of anilines is 1. The van der Waals surface area contributed by atoms with Gasteiger partial charge < -0.3 is 5.32 Å². The summed E-state index contributed by atoms with van der Waals surface area (Å²) in [4.78, 5) is 17.0. The van der Waals surface area contributed by atoms with Gasteiger partial charge in [0.1, 0.15) is 0 Å². The number of nitrogens with one attached hydrogen (secondary N) is 1. The molecule has 11 heteroatoms. The Morgan fingerprint density at radius 1 is 0.828 bits per heavy atom. The van der Waals surface area contributed by atoms with Gasteiger partial charge in [0.05, 0.1) is 0 Å². The van der Waals surface area contributed by atoms with Crippen LogP contribution in [-0.4, -0.2) is 26.5 Å². The Hall–Kier alpha value is -1.08. The zero-order chi connectivity index (χ0) is 21.1. The fraction of sp³-hybridized carbons (Fsp3) is 0.222. The minimum atomic E-state index is -1.81. The first-order chi connectivity index (χ1) is 13.6. The van der Waals surface area contributed by atoms with E-state index in [2.05, 4.69) is 25.3 Å². The number of aromatic nitrogens is 4. The lowest BCUT2D eigenvalue weighted by Crippen LogP contribution is -2.15. The molecule has 2 aromatic heterocycles. The highest BCUT2D eigenvalue weighted by atomic mass is 35.6. The third-order valence-electron chi connectivity index (χ3n) is 3.78. The van der Waals surface area contributed by atoms with Crippen LogP contribution in [0.3, 0.4) is 0 Å². The maximum absolute atomic E-state index is 5.99. The molecule has 29 heavy (non-hydrogen) atoms. The Morgan fingerprint density at radius 2 is 1.55 bits per heavy atom. The number of alkyl halides is 6. The molecule has 0 atom stereocenters. The predicted octanol–water partition coefficient (Wildman–Crippen LogP) is 6.24. The van der Waals surface area contributed by atoms with Gasteiger partial charge >= 0.3 is 0 Å². The highest BCUT2D eigenvalue weighted by Crippen LogP contribution is 2.39. The topological polar surface area (TPSA) is 63.6 Å². The summed E-state index contributed by atoms with van der Waals surface area (Å²) in [6, 6.07) is 10.6. The van der Waals surface area contributed by atoms with Crippen LogP contribution in [0.4, 0.5) is 5.95 Å². The molecule has 0 spiro atoms. The number of nitrogens with zero attached hydrogens (tertiary/aromatic N) is 4. The van der Waals surface area contributed by atoms with E-state index in [1.165, 1.54) is 0 Å². The van der Waals surface area contributed by atoms with Crippen LogP contribution < -0.4 is 5.32 Å². The molecule has 2 heterocycles. The first kappa shape index (κ1) is 22.6. The molecule has 0 radical (unpaired) electrons. The molecule has 1 N–H and O–H groups in total. The molecule has 152 valence electrons. The maximum atomic E-state index is 5.99. The SMILES string of the molecule is ClC(Cl)(Cl)c1ccc(-c2nc(NCCc3cccnc3)nc(C(Cl)(Cl)Cl)n2)cc1. The standard InChI is InChI=1S/C18H13Cl6N5/c19-17(20,21)13-5-3-12(4-6-13)14-27-15(18(22,23)24)29-16(28-14)26-9-7-11-2-1-8-25-10-11/h1-6,8,10H,7,9H2,(H,26,27,28,29). The van der Waals surface area contributed by atoms with Gasteiger partial charge in [-0.05, 0) is 18.1 Å². The van der Waals surface area contributed by atoms with E-state index in [1.807, 2.05) is 12.1 Å². The Kier molecular flexibility index (Phi) is 7.31. The van der Waals surface area contributed by atoms with Crippen molar-refractivity contribution in [2.75, 3.05) is 11.9 Å². The van der Waals surface area contributed by atoms with Crippen molar-refractivity contribution < 1.29 is 0 Å². The van der Waals surface area contributed by atoms with Gasteiger partial charge in [-0.15, -0.1) is 0 Å². The number of pyridine rings is 1. The van der Waals surface area contributed by atoms with Crippen LogP contribution in [0.5, 0.6) is 0 Å². The molecule has 5 nitrogen and oxygen atoms in total. The lowest BCUT2D eigenvalue weighted by atomic mass is 10.1. The van der Waals surface area contributed by atoms with E-state index in [1.54, 1.807) is 36.7 Å². The summed E-state index contributed by atoms with van der Waals surface area (Å²) in [5.74, 6) is 0.605. The number of rotatable bonds is 5. The van der Waals surface area contributed by atoms with Gasteiger partial charge in [0, 0.05) is 30.1 Å². The van der Waals surface area contributed by atoms with Crippen molar-refractivity contribution in [3.05, 3.63) is 65.7 Å². The predicted molar refractivity (Wildman–Crippen MR) is 120 cm³/mol. The van der Waals surface area contributed by atoms with E-state index in [9.17, 15) is 0 Å². The van der Waals surface area contributed by atoms with Crippen LogP contribution in [0, 0.1) is 0 Å². The third-order valence-corrected chi connectivity index (χ3v) is 4.94. The largest absolute Gasteiger partial charge is 0.354 e. The van der Waals surface area contributed by atoms with Gasteiger partial charge in [0.25, 0.3) is 0 Å². The second-order valence-corrected chi connectivity index (χ2v) is 10.5. The van der Waals surface area contributed by atoms with Gasteiger partial charge in [-0.3, -0.25) is 4.98 Å². The quantitative estimate of drug-likeness (QED) is 0.411. The van der Waals surface area contributed by atoms with Gasteiger partial charge in [-0.2, -0.15) is 9.97 Å². The van der Waals surface area contributed by atoms with Gasteiger partial charge in [0.15, 0.2) is 11.6 Å². The second kappa shape index (κ2) is 9.38. The number of hydrogen-bond donors (Lipinski definition) is 1. The van der Waals surface area contributed by atoms with Crippen molar-refractivity contribution in [2.45, 2.75) is 14.0 Å². The molecule has 0 bridgehead atoms. The lowest BCUT2D eigenvalue weighted by molar-refractivity contribution is 0.902. The number of halogens is 6. The Bertz CT molecular complexity index is 955. The van der Waals surface area contributed by atoms with E-state index in [-0.39, 0.29) is 11.8 Å². The summed E-state index contributed by atoms with van der Waals surface area (Å²) >= 11 is 35.7. The molecular formula is C18H13Cl6N5. The van der Waals surface area contributed by atoms with Gasteiger partial charge in [0.2, 0.25) is 13.5 Å². The first-order valence-electron chi connectivity index (χ1n) is 8.26. The molecule has 3 rings (SSSR count). The van der Waals surface area contributed by atoms with Crippen LogP contribution in [0.1, 0.15) is 17.0 Å². The number of benzene rings is 1. The smallest absolute Gasteiger partial charge is 0.250 e. The highest BCUT2D eigenvalue weighted by molar-refractivity contribution is 6.67. The zero-order valence-corrected chi connectivity index (χ0v) is 19.1. The Balaban J connectivity index is 1.85. The average molecular weight is 512 g/mol. The summed E-state index contributed by atoms with van der Waals surface area (Å²) in [7, 11) is 0. The van der Waals surface area contributed by atoms with Crippen LogP contribution >= 0.6 is 69.6 Å². The van der Waals surface area contributed by atoms with Gasteiger partial charge in [-0.1, -0.05) is 99.9 Å². The third kappa shape index (κ3) is 6.45. The fourth-order valence-electron chi connectivity index (χ4n) is 2.38. The van der Waals surface area contributed by atoms with Crippen molar-refractivity contribution in [1.29, 1.82) is 0 Å². The van der Waals surface area contributed by atoms with Gasteiger partial charge in [-0.25, -0.2) is 4.98 Å². The zero-order valence-electron chi connectivity index (χ0n) is 14.6. The van der Waals surface area contributed by atoms with Crippen molar-refractivity contribution in [2.24, 2.45) is 0 Å². The van der Waals surface area contributed by atoms with E-state index < -0.39 is 7.59 Å². The van der Waals surface area contributed by atoms with E-state index in [4.69, 9.17) is 69.6 Å². The average Bonchev–Trinajstić information content (AvgIpc) is 2.67. The minimum Gasteiger partial charge on any atom is -0.354 e. The molecule has 0 fully saturated rings. The van der Waals surface area contributed by atoms with Crippen LogP contribution in [0.25, 0.3) is 11.4 Å². The first-order valence-corrected chi connectivity index (χ1v) is 10.5. The normalized spacial score (nSPS) is 12.1. The molecule has 0 saturated heterocycles. The van der Waals surface area contributed by atoms with E-state index >= 15 is 0 Å². The molecule has 3 aromatic rings. The van der Waals surface area contributed by atoms with Crippen LogP contribution in [0.2, 0.25) is 0 Å². The summed E-state index contributed by atoms with van der Waals surface area (Å²) in [5, 5.41) is 3.12. The summed E-state index contributed by atoms with van der Waals surface area (Å²) in [6.07, 6.45) is 4.23. The maximum Gasteiger partial charge on any atom is 0.250 e.